The summed E-state index contributed by atoms with van der Waals surface area (Å²) in [5.41, 5.74) is 1.26. The maximum atomic E-state index is 12.4. The molecular weight excluding hydrogens is 514 g/mol. The lowest BCUT2D eigenvalue weighted by Crippen LogP contribution is -2.54. The van der Waals surface area contributed by atoms with Crippen LogP contribution >= 0.6 is 0 Å². The monoisotopic (exact) mass is 549 g/mol. The fourth-order valence-electron chi connectivity index (χ4n) is 5.09. The summed E-state index contributed by atoms with van der Waals surface area (Å²) in [7, 11) is 1.91. The second-order valence-electron chi connectivity index (χ2n) is 11.0. The number of nitriles is 1. The van der Waals surface area contributed by atoms with Crippen LogP contribution in [0.5, 0.6) is 0 Å². The van der Waals surface area contributed by atoms with Gasteiger partial charge in [0.2, 0.25) is 5.91 Å². The Labute approximate surface area is 233 Å². The number of carbonyl (C=O) groups is 3. The van der Waals surface area contributed by atoms with E-state index in [4.69, 9.17) is 15.0 Å². The minimum atomic E-state index is -1.13. The number of nitrogens with zero attached hydrogens (tertiary/aromatic N) is 6. The van der Waals surface area contributed by atoms with Crippen LogP contribution in [0.25, 0.3) is 0 Å². The van der Waals surface area contributed by atoms with E-state index >= 15 is 0 Å². The van der Waals surface area contributed by atoms with Gasteiger partial charge in [-0.15, -0.1) is 0 Å². The van der Waals surface area contributed by atoms with Crippen LogP contribution in [0, 0.1) is 17.2 Å². The predicted octanol–water partition coefficient (Wildman–Crippen LogP) is 4.30. The minimum absolute atomic E-state index is 0.0547. The number of rotatable bonds is 4. The Balaban J connectivity index is 1.59. The molecule has 0 unspecified atom stereocenters. The van der Waals surface area contributed by atoms with Crippen molar-refractivity contribution in [1.29, 1.82) is 5.26 Å². The first-order valence-electron chi connectivity index (χ1n) is 13.1. The van der Waals surface area contributed by atoms with E-state index in [1.807, 2.05) is 18.0 Å². The Morgan fingerprint density at radius 1 is 1.23 bits per heavy atom. The number of carbonyl (C=O) groups excluding carboxylic acids is 2. The van der Waals surface area contributed by atoms with Crippen molar-refractivity contribution in [3.63, 3.8) is 0 Å². The number of aliphatic imine (C=N–C) groups is 1. The van der Waals surface area contributed by atoms with E-state index in [1.165, 1.54) is 6.20 Å². The lowest BCUT2D eigenvalue weighted by atomic mass is 9.91. The lowest BCUT2D eigenvalue weighted by molar-refractivity contribution is -0.132. The number of nitrogens with one attached hydrogen (secondary N) is 1. The largest absolute Gasteiger partial charge is 0.464 e. The molecule has 40 heavy (non-hydrogen) atoms. The maximum Gasteiger partial charge on any atom is 0.417 e. The minimum Gasteiger partial charge on any atom is -0.464 e. The van der Waals surface area contributed by atoms with E-state index in [0.717, 1.165) is 11.0 Å². The number of carboxylic acid groups (broad SMARTS) is 1. The van der Waals surface area contributed by atoms with Crippen LogP contribution in [-0.4, -0.2) is 81.9 Å². The van der Waals surface area contributed by atoms with E-state index in [0.29, 0.717) is 41.7 Å². The summed E-state index contributed by atoms with van der Waals surface area (Å²) < 4.78 is 6.47. The van der Waals surface area contributed by atoms with Gasteiger partial charge in [0.25, 0.3) is 0 Å². The maximum absolute atomic E-state index is 12.4. The Morgan fingerprint density at radius 3 is 2.55 bits per heavy atom. The summed E-state index contributed by atoms with van der Waals surface area (Å²) in [4.78, 5) is 47.1. The number of benzene rings is 1. The summed E-state index contributed by atoms with van der Waals surface area (Å²) >= 11 is 0. The summed E-state index contributed by atoms with van der Waals surface area (Å²) in [6.45, 7) is 8.71. The summed E-state index contributed by atoms with van der Waals surface area (Å²) in [6, 6.07) is 10.6. The molecule has 12 nitrogen and oxygen atoms in total. The predicted molar refractivity (Wildman–Crippen MR) is 150 cm³/mol. The van der Waals surface area contributed by atoms with Crippen molar-refractivity contribution in [2.75, 3.05) is 37.0 Å². The Bertz CT molecular complexity index is 1350. The SMILES string of the molecule is C[C@@H]1CCN(C(=O)CC#N)C[C@@H]1N(C)C1=NCN(c2ccc(NC(=O)OC(C)(C)C)cc2)c2c1ccn2C(=O)O. The highest BCUT2D eigenvalue weighted by Gasteiger charge is 2.36. The standard InChI is InChI=1S/C28H35N7O5/c1-18-11-14-33(23(36)10-13-29)16-22(18)32(5)24-21-12-15-34(27(38)39)25(21)35(17-30-24)20-8-6-19(7-9-20)31-26(37)40-28(2,3)4/h6-9,12,15,18,22H,10-11,14,16-17H2,1-5H3,(H,31,37)(H,38,39)/t18-,22+/m1/s1. The van der Waals surface area contributed by atoms with Gasteiger partial charge in [-0.05, 0) is 63.4 Å². The van der Waals surface area contributed by atoms with Crippen LogP contribution in [0.2, 0.25) is 0 Å². The van der Waals surface area contributed by atoms with Crippen molar-refractivity contribution in [3.05, 3.63) is 42.1 Å². The first kappa shape index (κ1) is 28.5. The topological polar surface area (TPSA) is 143 Å². The van der Waals surface area contributed by atoms with Crippen molar-refractivity contribution in [2.45, 2.75) is 52.2 Å². The molecule has 1 aromatic carbocycles. The Hall–Kier alpha value is -4.53. The molecule has 4 rings (SSSR count). The number of likely N-dealkylation sites (N-methyl/N-ethyl adjacent to an activating group) is 1. The van der Waals surface area contributed by atoms with Crippen molar-refractivity contribution in [3.8, 4) is 6.07 Å². The van der Waals surface area contributed by atoms with Crippen molar-refractivity contribution in [1.82, 2.24) is 14.4 Å². The molecule has 2 N–H and O–H groups in total. The number of ether oxygens (including phenoxy) is 1. The van der Waals surface area contributed by atoms with Gasteiger partial charge < -0.3 is 24.5 Å². The van der Waals surface area contributed by atoms with E-state index in [2.05, 4.69) is 12.2 Å². The van der Waals surface area contributed by atoms with Gasteiger partial charge in [-0.3, -0.25) is 10.1 Å². The van der Waals surface area contributed by atoms with Gasteiger partial charge >= 0.3 is 12.2 Å². The van der Waals surface area contributed by atoms with Crippen LogP contribution in [0.15, 0.2) is 41.5 Å². The molecule has 0 aliphatic carbocycles. The van der Waals surface area contributed by atoms with Crippen molar-refractivity contribution >= 4 is 41.1 Å². The van der Waals surface area contributed by atoms with Gasteiger partial charge in [0.15, 0.2) is 0 Å². The molecule has 0 spiro atoms. The second kappa shape index (κ2) is 11.3. The number of likely N-dealkylation sites (tertiary alicyclic amines) is 1. The lowest BCUT2D eigenvalue weighted by Gasteiger charge is -2.43. The molecule has 2 amide bonds. The molecule has 2 aliphatic heterocycles. The molecule has 2 aromatic rings. The summed E-state index contributed by atoms with van der Waals surface area (Å²) in [5, 5.41) is 21.6. The quantitative estimate of drug-likeness (QED) is 0.575. The number of fused-ring (bicyclic) bond motifs is 1. The smallest absolute Gasteiger partial charge is 0.417 e. The first-order chi connectivity index (χ1) is 18.9. The molecule has 0 bridgehead atoms. The summed E-state index contributed by atoms with van der Waals surface area (Å²) in [5.74, 6) is 1.16. The van der Waals surface area contributed by atoms with Crippen LogP contribution in [0.4, 0.5) is 26.8 Å². The Kier molecular flexibility index (Phi) is 8.04. The molecule has 3 heterocycles. The van der Waals surface area contributed by atoms with Gasteiger partial charge in [-0.2, -0.15) is 5.26 Å². The molecule has 2 aliphatic rings. The highest BCUT2D eigenvalue weighted by atomic mass is 16.6. The fourth-order valence-corrected chi connectivity index (χ4v) is 5.09. The number of piperidine rings is 1. The average Bonchev–Trinajstić information content (AvgIpc) is 3.33. The van der Waals surface area contributed by atoms with Crippen LogP contribution in [0.1, 0.15) is 46.1 Å². The van der Waals surface area contributed by atoms with E-state index in [1.54, 1.807) is 60.9 Å². The third kappa shape index (κ3) is 6.03. The molecule has 0 saturated carbocycles. The van der Waals surface area contributed by atoms with Gasteiger partial charge in [0.1, 0.15) is 30.3 Å². The molecule has 0 radical (unpaired) electrons. The number of hydrogen-bond acceptors (Lipinski definition) is 8. The van der Waals surface area contributed by atoms with Gasteiger partial charge in [0.05, 0.1) is 17.7 Å². The van der Waals surface area contributed by atoms with Gasteiger partial charge in [-0.1, -0.05) is 6.92 Å². The molecule has 1 saturated heterocycles. The molecule has 212 valence electrons. The number of amidine groups is 1. The van der Waals surface area contributed by atoms with E-state index < -0.39 is 17.8 Å². The molecule has 1 aromatic heterocycles. The molecule has 1 fully saturated rings. The molecule has 12 heteroatoms. The zero-order valence-corrected chi connectivity index (χ0v) is 23.4. The third-order valence-corrected chi connectivity index (χ3v) is 7.08. The number of aromatic nitrogens is 1. The van der Waals surface area contributed by atoms with Crippen molar-refractivity contribution in [2.24, 2.45) is 10.9 Å². The highest BCUT2D eigenvalue weighted by Crippen LogP contribution is 2.35. The second-order valence-corrected chi connectivity index (χ2v) is 11.0. The number of anilines is 3. The summed E-state index contributed by atoms with van der Waals surface area (Å²) in [6.07, 6.45) is 0.441. The number of hydrogen-bond donors (Lipinski definition) is 2. The fraction of sp³-hybridized carbons (Fsp3) is 0.464. The number of amides is 2. The zero-order chi connectivity index (χ0) is 29.2. The molecular formula is C28H35N7O5. The highest BCUT2D eigenvalue weighted by molar-refractivity contribution is 6.06. The van der Waals surface area contributed by atoms with Crippen molar-refractivity contribution < 1.29 is 24.2 Å². The van der Waals surface area contributed by atoms with Crippen LogP contribution in [0.3, 0.4) is 0 Å². The van der Waals surface area contributed by atoms with Crippen LogP contribution in [-0.2, 0) is 9.53 Å². The zero-order valence-electron chi connectivity index (χ0n) is 23.4. The van der Waals surface area contributed by atoms with Gasteiger partial charge in [0, 0.05) is 37.7 Å². The Morgan fingerprint density at radius 2 is 1.93 bits per heavy atom. The third-order valence-electron chi connectivity index (χ3n) is 7.08. The normalized spacial score (nSPS) is 18.8. The average molecular weight is 550 g/mol. The molecule has 2 atom stereocenters. The first-order valence-corrected chi connectivity index (χ1v) is 13.1. The van der Waals surface area contributed by atoms with Crippen LogP contribution < -0.4 is 10.2 Å². The van der Waals surface area contributed by atoms with E-state index in [9.17, 15) is 19.5 Å². The van der Waals surface area contributed by atoms with E-state index in [-0.39, 0.29) is 31.0 Å². The van der Waals surface area contributed by atoms with Gasteiger partial charge in [-0.25, -0.2) is 19.1 Å².